The van der Waals surface area contributed by atoms with E-state index in [2.05, 4.69) is 12.2 Å². The normalized spacial score (nSPS) is 14.0. The summed E-state index contributed by atoms with van der Waals surface area (Å²) in [5, 5.41) is 2.91. The number of carbonyl (C=O) groups is 2. The van der Waals surface area contributed by atoms with Gasteiger partial charge in [-0.15, -0.1) is 0 Å². The molecule has 0 aliphatic carbocycles. The molecule has 0 saturated carbocycles. The lowest BCUT2D eigenvalue weighted by Gasteiger charge is -2.15. The number of carbonyl (C=O) groups excluding carboxylic acids is 2. The minimum atomic E-state index is -0.122. The number of aryl methyl sites for hydroxylation is 1. The van der Waals surface area contributed by atoms with E-state index in [0.717, 1.165) is 30.6 Å². The van der Waals surface area contributed by atoms with Crippen molar-refractivity contribution in [2.75, 3.05) is 11.9 Å². The summed E-state index contributed by atoms with van der Waals surface area (Å²) in [6.45, 7) is 3.55. The Kier molecular flexibility index (Phi) is 4.94. The molecule has 4 nitrogen and oxygen atoms in total. The summed E-state index contributed by atoms with van der Waals surface area (Å²) in [6, 6.07) is 15.3. The molecule has 0 radical (unpaired) electrons. The summed E-state index contributed by atoms with van der Waals surface area (Å²) >= 11 is 0. The molecule has 0 atom stereocenters. The maximum absolute atomic E-state index is 12.3. The van der Waals surface area contributed by atoms with E-state index in [9.17, 15) is 9.59 Å². The van der Waals surface area contributed by atoms with Gasteiger partial charge in [-0.2, -0.15) is 0 Å². The number of rotatable bonds is 5. The lowest BCUT2D eigenvalue weighted by atomic mass is 10.1. The van der Waals surface area contributed by atoms with Crippen LogP contribution in [0, 0.1) is 0 Å². The van der Waals surface area contributed by atoms with Crippen LogP contribution in [0.4, 0.5) is 5.69 Å². The predicted octanol–water partition coefficient (Wildman–Crippen LogP) is 3.62. The van der Waals surface area contributed by atoms with Crippen molar-refractivity contribution in [3.05, 3.63) is 65.2 Å². The third-order valence-electron chi connectivity index (χ3n) is 4.38. The maximum atomic E-state index is 12.3. The second-order valence-corrected chi connectivity index (χ2v) is 6.12. The number of hydrogen-bond acceptors (Lipinski definition) is 2. The van der Waals surface area contributed by atoms with E-state index < -0.39 is 0 Å². The predicted molar refractivity (Wildman–Crippen MR) is 94.9 cm³/mol. The molecule has 1 fully saturated rings. The van der Waals surface area contributed by atoms with Gasteiger partial charge >= 0.3 is 0 Å². The van der Waals surface area contributed by atoms with Gasteiger partial charge in [-0.3, -0.25) is 9.59 Å². The number of hydrogen-bond donors (Lipinski definition) is 1. The fourth-order valence-corrected chi connectivity index (χ4v) is 2.88. The van der Waals surface area contributed by atoms with E-state index in [1.807, 2.05) is 53.4 Å². The van der Waals surface area contributed by atoms with Crippen molar-refractivity contribution in [3.8, 4) is 0 Å². The van der Waals surface area contributed by atoms with E-state index >= 15 is 0 Å². The van der Waals surface area contributed by atoms with E-state index in [1.54, 1.807) is 0 Å². The number of likely N-dealkylation sites (tertiary alicyclic amines) is 1. The molecule has 4 heteroatoms. The Morgan fingerprint density at radius 3 is 2.29 bits per heavy atom. The Bertz CT molecular complexity index is 720. The molecule has 1 aliphatic rings. The zero-order chi connectivity index (χ0) is 16.9. The molecule has 2 amide bonds. The van der Waals surface area contributed by atoms with Gasteiger partial charge in [0.05, 0.1) is 0 Å². The molecule has 2 aromatic carbocycles. The van der Waals surface area contributed by atoms with Crippen molar-refractivity contribution in [1.82, 2.24) is 4.90 Å². The van der Waals surface area contributed by atoms with E-state index in [0.29, 0.717) is 18.5 Å². The van der Waals surface area contributed by atoms with Gasteiger partial charge in [-0.25, -0.2) is 0 Å². The third kappa shape index (κ3) is 3.82. The van der Waals surface area contributed by atoms with Gasteiger partial charge in [0.25, 0.3) is 5.91 Å². The smallest absolute Gasteiger partial charge is 0.255 e. The fraction of sp³-hybridized carbons (Fsp3) is 0.300. The van der Waals surface area contributed by atoms with Gasteiger partial charge in [-0.05, 0) is 48.2 Å². The molecular formula is C20H22N2O2. The average Bonchev–Trinajstić information content (AvgIpc) is 3.01. The fourth-order valence-electron chi connectivity index (χ4n) is 2.88. The monoisotopic (exact) mass is 322 g/mol. The molecule has 3 rings (SSSR count). The van der Waals surface area contributed by atoms with Crippen LogP contribution in [-0.4, -0.2) is 23.3 Å². The highest BCUT2D eigenvalue weighted by Crippen LogP contribution is 2.16. The first-order valence-corrected chi connectivity index (χ1v) is 8.42. The molecule has 1 saturated heterocycles. The SMILES string of the molecule is CCc1ccc(NC(=O)c2ccc(CN3CCCC3=O)cc2)cc1. The minimum Gasteiger partial charge on any atom is -0.338 e. The number of amides is 2. The zero-order valence-corrected chi connectivity index (χ0v) is 13.9. The van der Waals surface area contributed by atoms with Crippen molar-refractivity contribution in [1.29, 1.82) is 0 Å². The average molecular weight is 322 g/mol. The lowest BCUT2D eigenvalue weighted by Crippen LogP contribution is -2.23. The van der Waals surface area contributed by atoms with Crippen LogP contribution in [-0.2, 0) is 17.8 Å². The van der Waals surface area contributed by atoms with Crippen molar-refractivity contribution in [2.24, 2.45) is 0 Å². The Labute approximate surface area is 142 Å². The Balaban J connectivity index is 1.61. The Morgan fingerprint density at radius 2 is 1.71 bits per heavy atom. The first-order valence-electron chi connectivity index (χ1n) is 8.42. The molecule has 0 unspecified atom stereocenters. The highest BCUT2D eigenvalue weighted by Gasteiger charge is 2.19. The number of anilines is 1. The van der Waals surface area contributed by atoms with Gasteiger partial charge < -0.3 is 10.2 Å². The molecule has 1 N–H and O–H groups in total. The van der Waals surface area contributed by atoms with Gasteiger partial charge in [0.2, 0.25) is 5.91 Å². The van der Waals surface area contributed by atoms with Crippen LogP contribution in [0.5, 0.6) is 0 Å². The third-order valence-corrected chi connectivity index (χ3v) is 4.38. The van der Waals surface area contributed by atoms with Gasteiger partial charge in [0.1, 0.15) is 0 Å². The molecule has 0 bridgehead atoms. The second-order valence-electron chi connectivity index (χ2n) is 6.12. The standard InChI is InChI=1S/C20H22N2O2/c1-2-15-7-11-18(12-8-15)21-20(24)17-9-5-16(6-10-17)14-22-13-3-4-19(22)23/h5-12H,2-4,13-14H2,1H3,(H,21,24). The van der Waals surface area contributed by atoms with Crippen LogP contribution in [0.3, 0.4) is 0 Å². The Hall–Kier alpha value is -2.62. The van der Waals surface area contributed by atoms with E-state index in [1.165, 1.54) is 5.56 Å². The Morgan fingerprint density at radius 1 is 1.04 bits per heavy atom. The maximum Gasteiger partial charge on any atom is 0.255 e. The zero-order valence-electron chi connectivity index (χ0n) is 13.9. The summed E-state index contributed by atoms with van der Waals surface area (Å²) in [7, 11) is 0. The number of nitrogens with one attached hydrogen (secondary N) is 1. The molecule has 24 heavy (non-hydrogen) atoms. The van der Waals surface area contributed by atoms with Crippen LogP contribution < -0.4 is 5.32 Å². The van der Waals surface area contributed by atoms with Crippen molar-refractivity contribution >= 4 is 17.5 Å². The summed E-state index contributed by atoms with van der Waals surface area (Å²) < 4.78 is 0. The molecule has 2 aromatic rings. The topological polar surface area (TPSA) is 49.4 Å². The summed E-state index contributed by atoms with van der Waals surface area (Å²) in [5.74, 6) is 0.0930. The van der Waals surface area contributed by atoms with Crippen LogP contribution in [0.25, 0.3) is 0 Å². The first-order chi connectivity index (χ1) is 11.7. The van der Waals surface area contributed by atoms with Gasteiger partial charge in [0.15, 0.2) is 0 Å². The molecule has 1 aliphatic heterocycles. The van der Waals surface area contributed by atoms with Gasteiger partial charge in [-0.1, -0.05) is 31.2 Å². The molecule has 0 aromatic heterocycles. The highest BCUT2D eigenvalue weighted by atomic mass is 16.2. The van der Waals surface area contributed by atoms with Crippen LogP contribution >= 0.6 is 0 Å². The lowest BCUT2D eigenvalue weighted by molar-refractivity contribution is -0.128. The molecular weight excluding hydrogens is 300 g/mol. The largest absolute Gasteiger partial charge is 0.338 e. The number of nitrogens with zero attached hydrogens (tertiary/aromatic N) is 1. The summed E-state index contributed by atoms with van der Waals surface area (Å²) in [4.78, 5) is 25.8. The summed E-state index contributed by atoms with van der Waals surface area (Å²) in [6.07, 6.45) is 2.57. The molecule has 0 spiro atoms. The molecule has 124 valence electrons. The highest BCUT2D eigenvalue weighted by molar-refractivity contribution is 6.04. The van der Waals surface area contributed by atoms with Gasteiger partial charge in [0, 0.05) is 30.8 Å². The second kappa shape index (κ2) is 7.30. The minimum absolute atomic E-state index is 0.122. The summed E-state index contributed by atoms with van der Waals surface area (Å²) in [5.41, 5.74) is 3.71. The van der Waals surface area contributed by atoms with Crippen LogP contribution in [0.2, 0.25) is 0 Å². The van der Waals surface area contributed by atoms with E-state index in [4.69, 9.17) is 0 Å². The van der Waals surface area contributed by atoms with Crippen molar-refractivity contribution in [2.45, 2.75) is 32.7 Å². The number of benzene rings is 2. The quantitative estimate of drug-likeness (QED) is 0.914. The molecule has 1 heterocycles. The van der Waals surface area contributed by atoms with Crippen LogP contribution in [0.1, 0.15) is 41.3 Å². The van der Waals surface area contributed by atoms with Crippen molar-refractivity contribution < 1.29 is 9.59 Å². The van der Waals surface area contributed by atoms with E-state index in [-0.39, 0.29) is 11.8 Å². The van der Waals surface area contributed by atoms with Crippen LogP contribution in [0.15, 0.2) is 48.5 Å². The van der Waals surface area contributed by atoms with Crippen molar-refractivity contribution in [3.63, 3.8) is 0 Å². The first kappa shape index (κ1) is 16.2.